The van der Waals surface area contributed by atoms with E-state index in [0.717, 1.165) is 18.5 Å². The third-order valence-corrected chi connectivity index (χ3v) is 4.21. The zero-order chi connectivity index (χ0) is 14.7. The van der Waals surface area contributed by atoms with Crippen LogP contribution in [0.2, 0.25) is 0 Å². The summed E-state index contributed by atoms with van der Waals surface area (Å²) < 4.78 is 0. The van der Waals surface area contributed by atoms with Gasteiger partial charge in [0, 0.05) is 12.7 Å². The van der Waals surface area contributed by atoms with E-state index in [4.69, 9.17) is 0 Å². The van der Waals surface area contributed by atoms with Crippen molar-refractivity contribution in [1.29, 1.82) is 0 Å². The van der Waals surface area contributed by atoms with Gasteiger partial charge in [0.2, 0.25) is 5.91 Å². The van der Waals surface area contributed by atoms with Crippen molar-refractivity contribution in [3.63, 3.8) is 0 Å². The smallest absolute Gasteiger partial charge is 0.307 e. The first-order valence-corrected chi connectivity index (χ1v) is 7.14. The maximum absolute atomic E-state index is 12.5. The molecule has 0 aliphatic heterocycles. The molecule has 0 saturated heterocycles. The highest BCUT2D eigenvalue weighted by atomic mass is 16.4. The Bertz CT molecular complexity index is 495. The molecule has 1 aromatic carbocycles. The second kappa shape index (κ2) is 6.07. The molecule has 2 atom stereocenters. The summed E-state index contributed by atoms with van der Waals surface area (Å²) in [5, 5.41) is 9.18. The van der Waals surface area contributed by atoms with E-state index in [-0.39, 0.29) is 11.8 Å². The van der Waals surface area contributed by atoms with Crippen LogP contribution in [0.5, 0.6) is 0 Å². The lowest BCUT2D eigenvalue weighted by Gasteiger charge is -2.23. The second-order valence-electron chi connectivity index (χ2n) is 5.40. The zero-order valence-electron chi connectivity index (χ0n) is 12.0. The Kier molecular flexibility index (Phi) is 4.42. The predicted molar refractivity (Wildman–Crippen MR) is 77.7 cm³/mol. The van der Waals surface area contributed by atoms with Crippen LogP contribution in [-0.2, 0) is 16.0 Å². The third-order valence-electron chi connectivity index (χ3n) is 4.21. The number of benzene rings is 1. The summed E-state index contributed by atoms with van der Waals surface area (Å²) in [6.45, 7) is 2.08. The molecule has 0 aromatic heterocycles. The number of carbonyl (C=O) groups is 2. The fraction of sp³-hybridized carbons (Fsp3) is 0.500. The number of carbonyl (C=O) groups excluding carboxylic acids is 1. The largest absolute Gasteiger partial charge is 0.481 e. The molecule has 0 radical (unpaired) electrons. The SMILES string of the molecule is CCc1ccc(N(C)C(=O)[C@@H]2CCC[C@@H]2C(=O)O)cc1. The van der Waals surface area contributed by atoms with E-state index < -0.39 is 11.9 Å². The van der Waals surface area contributed by atoms with E-state index in [1.165, 1.54) is 5.56 Å². The number of aryl methyl sites for hydroxylation is 1. The second-order valence-corrected chi connectivity index (χ2v) is 5.40. The van der Waals surface area contributed by atoms with Crippen molar-refractivity contribution >= 4 is 17.6 Å². The molecule has 1 amide bonds. The number of nitrogens with zero attached hydrogens (tertiary/aromatic N) is 1. The summed E-state index contributed by atoms with van der Waals surface area (Å²) in [5.74, 6) is -1.85. The summed E-state index contributed by atoms with van der Waals surface area (Å²) in [7, 11) is 1.72. The number of amides is 1. The van der Waals surface area contributed by atoms with Crippen LogP contribution in [0.4, 0.5) is 5.69 Å². The molecule has 0 heterocycles. The van der Waals surface area contributed by atoms with Crippen molar-refractivity contribution < 1.29 is 14.7 Å². The first kappa shape index (κ1) is 14.6. The van der Waals surface area contributed by atoms with Gasteiger partial charge in [0.25, 0.3) is 0 Å². The third kappa shape index (κ3) is 2.84. The fourth-order valence-electron chi connectivity index (χ4n) is 2.88. The summed E-state index contributed by atoms with van der Waals surface area (Å²) >= 11 is 0. The Balaban J connectivity index is 2.13. The molecule has 1 aromatic rings. The topological polar surface area (TPSA) is 57.6 Å². The Morgan fingerprint density at radius 1 is 1.20 bits per heavy atom. The molecule has 4 heteroatoms. The highest BCUT2D eigenvalue weighted by Crippen LogP contribution is 2.34. The molecule has 1 saturated carbocycles. The summed E-state index contributed by atoms with van der Waals surface area (Å²) in [6.07, 6.45) is 3.05. The van der Waals surface area contributed by atoms with Gasteiger partial charge in [-0.25, -0.2) is 0 Å². The van der Waals surface area contributed by atoms with Crippen molar-refractivity contribution in [2.45, 2.75) is 32.6 Å². The average molecular weight is 275 g/mol. The lowest BCUT2D eigenvalue weighted by atomic mass is 9.94. The van der Waals surface area contributed by atoms with Gasteiger partial charge in [0.05, 0.1) is 11.8 Å². The molecule has 1 aliphatic carbocycles. The summed E-state index contributed by atoms with van der Waals surface area (Å²) in [4.78, 5) is 25.3. The number of aliphatic carboxylic acids is 1. The molecule has 1 aliphatic rings. The van der Waals surface area contributed by atoms with Crippen LogP contribution in [-0.4, -0.2) is 24.0 Å². The van der Waals surface area contributed by atoms with Crippen LogP contribution in [0.15, 0.2) is 24.3 Å². The maximum atomic E-state index is 12.5. The molecule has 1 N–H and O–H groups in total. The minimum Gasteiger partial charge on any atom is -0.481 e. The standard InChI is InChI=1S/C16H21NO3/c1-3-11-7-9-12(10-8-11)17(2)15(18)13-5-4-6-14(13)16(19)20/h7-10,13-14H,3-6H2,1-2H3,(H,19,20)/t13-,14+/m1/s1. The molecule has 0 bridgehead atoms. The Morgan fingerprint density at radius 2 is 1.80 bits per heavy atom. The van der Waals surface area contributed by atoms with Crippen LogP contribution in [0, 0.1) is 11.8 Å². The lowest BCUT2D eigenvalue weighted by Crippen LogP contribution is -2.36. The molecule has 0 unspecified atom stereocenters. The van der Waals surface area contributed by atoms with Crippen LogP contribution < -0.4 is 4.90 Å². The average Bonchev–Trinajstić information content (AvgIpc) is 2.95. The van der Waals surface area contributed by atoms with Crippen molar-refractivity contribution in [3.05, 3.63) is 29.8 Å². The van der Waals surface area contributed by atoms with E-state index in [1.807, 2.05) is 24.3 Å². The molecule has 0 spiro atoms. The lowest BCUT2D eigenvalue weighted by molar-refractivity contribution is -0.145. The molecule has 2 rings (SSSR count). The summed E-state index contributed by atoms with van der Waals surface area (Å²) in [5.41, 5.74) is 2.04. The Morgan fingerprint density at radius 3 is 2.35 bits per heavy atom. The Hall–Kier alpha value is -1.84. The number of anilines is 1. The number of carboxylic acids is 1. The van der Waals surface area contributed by atoms with Crippen LogP contribution in [0.1, 0.15) is 31.7 Å². The van der Waals surface area contributed by atoms with Gasteiger partial charge in [-0.05, 0) is 37.0 Å². The zero-order valence-corrected chi connectivity index (χ0v) is 12.0. The van der Waals surface area contributed by atoms with Gasteiger partial charge in [-0.1, -0.05) is 25.5 Å². The molecule has 4 nitrogen and oxygen atoms in total. The first-order valence-electron chi connectivity index (χ1n) is 7.14. The minimum atomic E-state index is -0.851. The molecule has 108 valence electrons. The van der Waals surface area contributed by atoms with E-state index in [9.17, 15) is 14.7 Å². The molecular formula is C16H21NO3. The van der Waals surface area contributed by atoms with Gasteiger partial charge in [-0.2, -0.15) is 0 Å². The van der Waals surface area contributed by atoms with Crippen molar-refractivity contribution in [2.75, 3.05) is 11.9 Å². The highest BCUT2D eigenvalue weighted by Gasteiger charge is 2.39. The van der Waals surface area contributed by atoms with E-state index >= 15 is 0 Å². The summed E-state index contributed by atoms with van der Waals surface area (Å²) in [6, 6.07) is 7.84. The van der Waals surface area contributed by atoms with Crippen molar-refractivity contribution in [1.82, 2.24) is 0 Å². The number of rotatable bonds is 4. The van der Waals surface area contributed by atoms with Gasteiger partial charge in [0.15, 0.2) is 0 Å². The monoisotopic (exact) mass is 275 g/mol. The normalized spacial score (nSPS) is 21.7. The van der Waals surface area contributed by atoms with Crippen molar-refractivity contribution in [2.24, 2.45) is 11.8 Å². The Labute approximate surface area is 119 Å². The van der Waals surface area contributed by atoms with Gasteiger partial charge in [0.1, 0.15) is 0 Å². The van der Waals surface area contributed by atoms with Gasteiger partial charge in [-0.3, -0.25) is 9.59 Å². The molecule has 20 heavy (non-hydrogen) atoms. The molecule has 1 fully saturated rings. The predicted octanol–water partition coefficient (Wildman–Crippen LogP) is 2.71. The minimum absolute atomic E-state index is 0.0841. The van der Waals surface area contributed by atoms with Crippen LogP contribution in [0.25, 0.3) is 0 Å². The number of hydrogen-bond donors (Lipinski definition) is 1. The fourth-order valence-corrected chi connectivity index (χ4v) is 2.88. The number of hydrogen-bond acceptors (Lipinski definition) is 2. The van der Waals surface area contributed by atoms with Crippen LogP contribution >= 0.6 is 0 Å². The van der Waals surface area contributed by atoms with Crippen LogP contribution in [0.3, 0.4) is 0 Å². The van der Waals surface area contributed by atoms with Gasteiger partial charge >= 0.3 is 5.97 Å². The molecular weight excluding hydrogens is 254 g/mol. The quantitative estimate of drug-likeness (QED) is 0.919. The number of carboxylic acid groups (broad SMARTS) is 1. The van der Waals surface area contributed by atoms with E-state index in [2.05, 4.69) is 6.92 Å². The first-order chi connectivity index (χ1) is 9.54. The highest BCUT2D eigenvalue weighted by molar-refractivity contribution is 5.97. The van der Waals surface area contributed by atoms with E-state index in [0.29, 0.717) is 12.8 Å². The van der Waals surface area contributed by atoms with Gasteiger partial charge in [-0.15, -0.1) is 0 Å². The van der Waals surface area contributed by atoms with Gasteiger partial charge < -0.3 is 10.0 Å². The van der Waals surface area contributed by atoms with Crippen molar-refractivity contribution in [3.8, 4) is 0 Å². The van der Waals surface area contributed by atoms with E-state index in [1.54, 1.807) is 11.9 Å². The maximum Gasteiger partial charge on any atom is 0.307 e.